The summed E-state index contributed by atoms with van der Waals surface area (Å²) in [7, 11) is 0. The third kappa shape index (κ3) is 4.13. The van der Waals surface area contributed by atoms with E-state index >= 15 is 0 Å². The van der Waals surface area contributed by atoms with Gasteiger partial charge in [0.1, 0.15) is 0 Å². The van der Waals surface area contributed by atoms with Gasteiger partial charge in [-0.05, 0) is 42.3 Å². The van der Waals surface area contributed by atoms with Crippen LogP contribution in [0.3, 0.4) is 0 Å². The van der Waals surface area contributed by atoms with Crippen LogP contribution in [0.15, 0.2) is 24.3 Å². The van der Waals surface area contributed by atoms with Gasteiger partial charge in [0, 0.05) is 6.04 Å². The number of hydrogen-bond acceptors (Lipinski definition) is 1. The average Bonchev–Trinajstić information content (AvgIpc) is 2.39. The molecule has 0 saturated carbocycles. The summed E-state index contributed by atoms with van der Waals surface area (Å²) in [6.07, 6.45) is 3.45. The summed E-state index contributed by atoms with van der Waals surface area (Å²) < 4.78 is 0. The van der Waals surface area contributed by atoms with Crippen molar-refractivity contribution in [2.45, 2.75) is 59.9 Å². The first kappa shape index (κ1) is 15.2. The zero-order valence-electron chi connectivity index (χ0n) is 12.7. The van der Waals surface area contributed by atoms with Crippen LogP contribution in [0.2, 0.25) is 0 Å². The molecule has 0 aliphatic rings. The maximum Gasteiger partial charge on any atom is 0.0158 e. The fraction of sp³-hybridized carbons (Fsp3) is 0.647. The van der Waals surface area contributed by atoms with Gasteiger partial charge in [0.2, 0.25) is 0 Å². The van der Waals surface area contributed by atoms with E-state index in [4.69, 9.17) is 0 Å². The monoisotopic (exact) mass is 247 g/mol. The summed E-state index contributed by atoms with van der Waals surface area (Å²) in [5, 5.41) is 3.65. The Labute approximate surface area is 113 Å². The summed E-state index contributed by atoms with van der Waals surface area (Å²) >= 11 is 0. The lowest BCUT2D eigenvalue weighted by Gasteiger charge is -2.34. The molecule has 0 saturated heterocycles. The highest BCUT2D eigenvalue weighted by Gasteiger charge is 2.26. The predicted molar refractivity (Wildman–Crippen MR) is 81.1 cm³/mol. The number of hydrogen-bond donors (Lipinski definition) is 1. The Morgan fingerprint density at radius 3 is 2.00 bits per heavy atom. The number of likely N-dealkylation sites (N-methyl/N-ethyl adjacent to an activating group) is 1. The molecule has 0 spiro atoms. The van der Waals surface area contributed by atoms with E-state index in [1.807, 2.05) is 0 Å². The van der Waals surface area contributed by atoms with E-state index in [0.29, 0.717) is 11.5 Å². The normalized spacial score (nSPS) is 13.6. The zero-order chi connectivity index (χ0) is 13.6. The minimum Gasteiger partial charge on any atom is -0.313 e. The van der Waals surface area contributed by atoms with Crippen molar-refractivity contribution in [3.63, 3.8) is 0 Å². The van der Waals surface area contributed by atoms with E-state index in [9.17, 15) is 0 Å². The van der Waals surface area contributed by atoms with E-state index in [0.717, 1.165) is 19.4 Å². The quantitative estimate of drug-likeness (QED) is 0.761. The van der Waals surface area contributed by atoms with Crippen molar-refractivity contribution in [3.05, 3.63) is 35.4 Å². The molecular formula is C17H29N. The van der Waals surface area contributed by atoms with Crippen molar-refractivity contribution in [1.82, 2.24) is 5.32 Å². The number of nitrogens with one attached hydrogen (secondary N) is 1. The molecule has 1 rings (SSSR count). The Balaban J connectivity index is 2.76. The second-order valence-electron chi connectivity index (χ2n) is 5.83. The van der Waals surface area contributed by atoms with Crippen LogP contribution in [-0.2, 0) is 12.8 Å². The van der Waals surface area contributed by atoms with Crippen molar-refractivity contribution in [2.24, 2.45) is 5.41 Å². The molecule has 1 N–H and O–H groups in total. The van der Waals surface area contributed by atoms with Gasteiger partial charge in [0.15, 0.2) is 0 Å². The maximum atomic E-state index is 3.65. The predicted octanol–water partition coefficient (Wildman–Crippen LogP) is 4.21. The number of benzene rings is 1. The molecule has 102 valence electrons. The molecule has 0 amide bonds. The lowest BCUT2D eigenvalue weighted by molar-refractivity contribution is 0.233. The number of aryl methyl sites for hydroxylation is 1. The molecule has 0 heterocycles. The molecule has 1 nitrogen and oxygen atoms in total. The molecule has 0 radical (unpaired) electrons. The molecule has 0 aliphatic heterocycles. The molecule has 1 aromatic rings. The highest BCUT2D eigenvalue weighted by Crippen LogP contribution is 2.27. The van der Waals surface area contributed by atoms with Gasteiger partial charge in [-0.25, -0.2) is 0 Å². The van der Waals surface area contributed by atoms with E-state index in [1.165, 1.54) is 17.5 Å². The van der Waals surface area contributed by atoms with E-state index in [1.54, 1.807) is 0 Å². The summed E-state index contributed by atoms with van der Waals surface area (Å²) in [6.45, 7) is 12.4. The summed E-state index contributed by atoms with van der Waals surface area (Å²) in [5.74, 6) is 0. The molecule has 0 fully saturated rings. The Morgan fingerprint density at radius 2 is 1.56 bits per heavy atom. The first-order chi connectivity index (χ1) is 8.53. The summed E-state index contributed by atoms with van der Waals surface area (Å²) in [4.78, 5) is 0. The van der Waals surface area contributed by atoms with Crippen LogP contribution in [0.25, 0.3) is 0 Å². The number of rotatable bonds is 7. The van der Waals surface area contributed by atoms with Gasteiger partial charge in [-0.1, -0.05) is 58.9 Å². The highest BCUT2D eigenvalue weighted by molar-refractivity contribution is 5.23. The Kier molecular flexibility index (Phi) is 5.87. The Hall–Kier alpha value is -0.820. The van der Waals surface area contributed by atoms with Gasteiger partial charge in [0.05, 0.1) is 0 Å². The molecular weight excluding hydrogens is 218 g/mol. The van der Waals surface area contributed by atoms with Gasteiger partial charge < -0.3 is 5.32 Å². The van der Waals surface area contributed by atoms with E-state index in [2.05, 4.69) is 64.2 Å². The lowest BCUT2D eigenvalue weighted by atomic mass is 9.79. The summed E-state index contributed by atoms with van der Waals surface area (Å²) in [5.41, 5.74) is 3.22. The molecule has 18 heavy (non-hydrogen) atoms. The van der Waals surface area contributed by atoms with Crippen molar-refractivity contribution in [1.29, 1.82) is 0 Å². The molecule has 1 heteroatoms. The van der Waals surface area contributed by atoms with Crippen molar-refractivity contribution in [2.75, 3.05) is 6.54 Å². The average molecular weight is 247 g/mol. The van der Waals surface area contributed by atoms with E-state index in [-0.39, 0.29) is 0 Å². The van der Waals surface area contributed by atoms with Crippen molar-refractivity contribution >= 4 is 0 Å². The Bertz CT molecular complexity index is 337. The molecule has 1 atom stereocenters. The van der Waals surface area contributed by atoms with Crippen molar-refractivity contribution in [3.8, 4) is 0 Å². The van der Waals surface area contributed by atoms with Crippen LogP contribution < -0.4 is 5.32 Å². The molecule has 0 aromatic heterocycles. The standard InChI is InChI=1S/C17H29N/c1-6-14-9-11-15(12-10-14)13-16(18-8-3)17(4,5)7-2/h9-12,16,18H,6-8,13H2,1-5H3. The summed E-state index contributed by atoms with van der Waals surface area (Å²) in [6, 6.07) is 9.65. The smallest absolute Gasteiger partial charge is 0.0158 e. The topological polar surface area (TPSA) is 12.0 Å². The maximum absolute atomic E-state index is 3.65. The fourth-order valence-corrected chi connectivity index (χ4v) is 2.26. The second-order valence-corrected chi connectivity index (χ2v) is 5.83. The minimum atomic E-state index is 0.347. The fourth-order valence-electron chi connectivity index (χ4n) is 2.26. The third-order valence-corrected chi connectivity index (χ3v) is 4.18. The second kappa shape index (κ2) is 6.94. The first-order valence-electron chi connectivity index (χ1n) is 7.34. The highest BCUT2D eigenvalue weighted by atomic mass is 14.9. The van der Waals surface area contributed by atoms with Crippen LogP contribution in [-0.4, -0.2) is 12.6 Å². The zero-order valence-corrected chi connectivity index (χ0v) is 12.7. The van der Waals surface area contributed by atoms with Crippen LogP contribution in [0.1, 0.15) is 52.2 Å². The van der Waals surface area contributed by atoms with Gasteiger partial charge in [0.25, 0.3) is 0 Å². The van der Waals surface area contributed by atoms with Gasteiger partial charge >= 0.3 is 0 Å². The molecule has 1 aromatic carbocycles. The first-order valence-corrected chi connectivity index (χ1v) is 7.34. The lowest BCUT2D eigenvalue weighted by Crippen LogP contribution is -2.43. The SMILES string of the molecule is CCNC(Cc1ccc(CC)cc1)C(C)(C)CC. The van der Waals surface area contributed by atoms with Crippen LogP contribution in [0, 0.1) is 5.41 Å². The van der Waals surface area contributed by atoms with Gasteiger partial charge in [-0.15, -0.1) is 0 Å². The van der Waals surface area contributed by atoms with Gasteiger partial charge in [-0.3, -0.25) is 0 Å². The molecule has 1 unspecified atom stereocenters. The van der Waals surface area contributed by atoms with Crippen LogP contribution in [0.5, 0.6) is 0 Å². The van der Waals surface area contributed by atoms with Crippen molar-refractivity contribution < 1.29 is 0 Å². The minimum absolute atomic E-state index is 0.347. The molecule has 0 bridgehead atoms. The Morgan fingerprint density at radius 1 is 1.00 bits per heavy atom. The largest absolute Gasteiger partial charge is 0.313 e. The van der Waals surface area contributed by atoms with E-state index < -0.39 is 0 Å². The molecule has 0 aliphatic carbocycles. The van der Waals surface area contributed by atoms with Crippen LogP contribution >= 0.6 is 0 Å². The van der Waals surface area contributed by atoms with Crippen LogP contribution in [0.4, 0.5) is 0 Å². The third-order valence-electron chi connectivity index (χ3n) is 4.18. The van der Waals surface area contributed by atoms with Gasteiger partial charge in [-0.2, -0.15) is 0 Å².